The number of benzene rings is 2. The molecule has 2 aromatic rings. The first kappa shape index (κ1) is 30.9. The molecule has 3 saturated heterocycles. The summed E-state index contributed by atoms with van der Waals surface area (Å²) in [5.41, 5.74) is 1.22. The third-order valence-corrected chi connectivity index (χ3v) is 8.17. The van der Waals surface area contributed by atoms with Crippen molar-refractivity contribution in [2.24, 2.45) is 11.8 Å². The lowest BCUT2D eigenvalue weighted by Crippen LogP contribution is -2.59. The Morgan fingerprint density at radius 1 is 1.05 bits per heavy atom. The lowest BCUT2D eigenvalue weighted by atomic mass is 9.75. The van der Waals surface area contributed by atoms with Gasteiger partial charge < -0.3 is 14.6 Å². The standard InChI is InChI=1S/C27H29FN2O5.C2HF3O2/c1-4-29-24(31)21-22(25(29)32)27(26(33)35-3)13-5-6-14-30(27)23(21)17-9-12-19(20(15-17)34-2)16-7-10-18(28)11-8-16;3-2(4,5)1(6)7/h7-12,15,21-23H,4-6,13-14H2,1-3H3;(H,6,7)/t21-,22-,23+,27-;/m0./s1. The topological polar surface area (TPSA) is 113 Å². The maximum absolute atomic E-state index is 13.5. The van der Waals surface area contributed by atoms with Gasteiger partial charge in [0, 0.05) is 18.2 Å². The van der Waals surface area contributed by atoms with Crippen LogP contribution in [0.4, 0.5) is 17.6 Å². The van der Waals surface area contributed by atoms with Gasteiger partial charge in [0.2, 0.25) is 11.8 Å². The number of aliphatic carboxylic acids is 1. The number of hydrogen-bond donors (Lipinski definition) is 1. The molecule has 3 aliphatic heterocycles. The van der Waals surface area contributed by atoms with Gasteiger partial charge in [0.1, 0.15) is 17.1 Å². The van der Waals surface area contributed by atoms with Crippen molar-refractivity contribution >= 4 is 23.8 Å². The van der Waals surface area contributed by atoms with Gasteiger partial charge in [-0.25, -0.2) is 9.18 Å². The Kier molecular flexibility index (Phi) is 8.63. The first-order valence-electron chi connectivity index (χ1n) is 13.3. The van der Waals surface area contributed by atoms with Crippen LogP contribution in [-0.4, -0.2) is 77.7 Å². The fourth-order valence-corrected chi connectivity index (χ4v) is 6.49. The molecule has 5 rings (SSSR count). The second-order valence-corrected chi connectivity index (χ2v) is 10.2. The van der Waals surface area contributed by atoms with E-state index in [9.17, 15) is 31.9 Å². The minimum atomic E-state index is -5.08. The Balaban J connectivity index is 0.000000517. The van der Waals surface area contributed by atoms with Crippen molar-refractivity contribution < 1.29 is 51.3 Å². The maximum atomic E-state index is 13.5. The molecule has 13 heteroatoms. The zero-order chi connectivity index (χ0) is 31.0. The zero-order valence-corrected chi connectivity index (χ0v) is 23.1. The van der Waals surface area contributed by atoms with Gasteiger partial charge in [-0.2, -0.15) is 13.2 Å². The van der Waals surface area contributed by atoms with Crippen LogP contribution in [0.3, 0.4) is 0 Å². The molecule has 4 atom stereocenters. The number of carbonyl (C=O) groups is 4. The smallest absolute Gasteiger partial charge is 0.490 e. The van der Waals surface area contributed by atoms with Gasteiger partial charge in [0.25, 0.3) is 0 Å². The van der Waals surface area contributed by atoms with Crippen LogP contribution in [0.1, 0.15) is 37.8 Å². The summed E-state index contributed by atoms with van der Waals surface area (Å²) >= 11 is 0. The van der Waals surface area contributed by atoms with Gasteiger partial charge in [0.05, 0.1) is 26.1 Å². The average molecular weight is 595 g/mol. The summed E-state index contributed by atoms with van der Waals surface area (Å²) in [6.07, 6.45) is -2.97. The van der Waals surface area contributed by atoms with Crippen molar-refractivity contribution in [2.45, 2.75) is 43.9 Å². The maximum Gasteiger partial charge on any atom is 0.490 e. The average Bonchev–Trinajstić information content (AvgIpc) is 3.42. The fourth-order valence-electron chi connectivity index (χ4n) is 6.49. The van der Waals surface area contributed by atoms with Crippen molar-refractivity contribution in [3.8, 4) is 16.9 Å². The number of carboxylic acids is 1. The third kappa shape index (κ3) is 5.10. The van der Waals surface area contributed by atoms with Gasteiger partial charge in [-0.3, -0.25) is 24.2 Å². The molecule has 3 heterocycles. The number of esters is 1. The van der Waals surface area contributed by atoms with E-state index in [0.717, 1.165) is 29.5 Å². The molecule has 0 saturated carbocycles. The number of amides is 2. The summed E-state index contributed by atoms with van der Waals surface area (Å²) in [4.78, 5) is 52.6. The predicted molar refractivity (Wildman–Crippen MR) is 139 cm³/mol. The Morgan fingerprint density at radius 3 is 2.24 bits per heavy atom. The van der Waals surface area contributed by atoms with E-state index < -0.39 is 41.5 Å². The molecule has 9 nitrogen and oxygen atoms in total. The van der Waals surface area contributed by atoms with Gasteiger partial charge in [-0.15, -0.1) is 0 Å². The first-order valence-corrected chi connectivity index (χ1v) is 13.3. The van der Waals surface area contributed by atoms with Gasteiger partial charge in [-0.1, -0.05) is 24.3 Å². The molecule has 0 aromatic heterocycles. The zero-order valence-electron chi connectivity index (χ0n) is 23.1. The Bertz CT molecular complexity index is 1380. The van der Waals surface area contributed by atoms with Gasteiger partial charge in [-0.05, 0) is 62.1 Å². The van der Waals surface area contributed by atoms with Gasteiger partial charge in [0.15, 0.2) is 0 Å². The minimum absolute atomic E-state index is 0.244. The second-order valence-electron chi connectivity index (χ2n) is 10.2. The summed E-state index contributed by atoms with van der Waals surface area (Å²) < 4.78 is 56.1. The summed E-state index contributed by atoms with van der Waals surface area (Å²) in [5, 5.41) is 7.12. The third-order valence-electron chi connectivity index (χ3n) is 8.17. The molecule has 42 heavy (non-hydrogen) atoms. The number of imide groups is 1. The van der Waals surface area contributed by atoms with Crippen LogP contribution in [0.2, 0.25) is 0 Å². The van der Waals surface area contributed by atoms with Crippen LogP contribution in [0.5, 0.6) is 5.75 Å². The largest absolute Gasteiger partial charge is 0.496 e. The molecule has 3 aliphatic rings. The van der Waals surface area contributed by atoms with Crippen molar-refractivity contribution in [3.05, 3.63) is 53.8 Å². The van der Waals surface area contributed by atoms with E-state index in [1.54, 1.807) is 26.2 Å². The molecule has 0 aliphatic carbocycles. The van der Waals surface area contributed by atoms with Crippen molar-refractivity contribution in [1.82, 2.24) is 9.80 Å². The molecular weight excluding hydrogens is 564 g/mol. The van der Waals surface area contributed by atoms with E-state index in [0.29, 0.717) is 18.7 Å². The molecule has 2 aromatic carbocycles. The van der Waals surface area contributed by atoms with E-state index >= 15 is 0 Å². The van der Waals surface area contributed by atoms with E-state index in [2.05, 4.69) is 0 Å². The van der Waals surface area contributed by atoms with Crippen molar-refractivity contribution in [2.75, 3.05) is 27.3 Å². The van der Waals surface area contributed by atoms with E-state index in [-0.39, 0.29) is 24.2 Å². The minimum Gasteiger partial charge on any atom is -0.496 e. The highest BCUT2D eigenvalue weighted by Crippen LogP contribution is 2.58. The quantitative estimate of drug-likeness (QED) is 0.311. The Labute approximate surface area is 239 Å². The molecule has 1 N–H and O–H groups in total. The highest BCUT2D eigenvalue weighted by molar-refractivity contribution is 6.09. The van der Waals surface area contributed by atoms with Crippen LogP contribution < -0.4 is 4.74 Å². The van der Waals surface area contributed by atoms with E-state index in [1.807, 2.05) is 23.1 Å². The molecule has 2 amide bonds. The number of methoxy groups -OCH3 is 2. The van der Waals surface area contributed by atoms with E-state index in [1.165, 1.54) is 24.1 Å². The number of likely N-dealkylation sites (tertiary alicyclic amines) is 1. The summed E-state index contributed by atoms with van der Waals surface area (Å²) in [6.45, 7) is 2.62. The number of carbonyl (C=O) groups excluding carboxylic acids is 3. The van der Waals surface area contributed by atoms with E-state index in [4.69, 9.17) is 19.4 Å². The molecule has 3 fully saturated rings. The normalized spacial score (nSPS) is 25.3. The Morgan fingerprint density at radius 2 is 1.69 bits per heavy atom. The second kappa shape index (κ2) is 11.7. The predicted octanol–water partition coefficient (Wildman–Crippen LogP) is 4.21. The van der Waals surface area contributed by atoms with Crippen LogP contribution in [0.25, 0.3) is 11.1 Å². The van der Waals surface area contributed by atoms with Crippen molar-refractivity contribution in [1.29, 1.82) is 0 Å². The summed E-state index contributed by atoms with van der Waals surface area (Å²) in [7, 11) is 2.90. The summed E-state index contributed by atoms with van der Waals surface area (Å²) in [5.74, 6) is -4.96. The lowest BCUT2D eigenvalue weighted by molar-refractivity contribution is -0.192. The Hall–Kier alpha value is -4.00. The molecule has 226 valence electrons. The van der Waals surface area contributed by atoms with Crippen molar-refractivity contribution in [3.63, 3.8) is 0 Å². The molecular formula is C29H30F4N2O7. The summed E-state index contributed by atoms with van der Waals surface area (Å²) in [6, 6.07) is 11.4. The number of rotatable bonds is 5. The molecule has 0 bridgehead atoms. The molecule has 0 unspecified atom stereocenters. The highest BCUT2D eigenvalue weighted by atomic mass is 19.4. The lowest BCUT2D eigenvalue weighted by Gasteiger charge is -2.44. The number of carboxylic acid groups (broad SMARTS) is 1. The monoisotopic (exact) mass is 594 g/mol. The van der Waals surface area contributed by atoms with Crippen LogP contribution in [-0.2, 0) is 23.9 Å². The number of fused-ring (bicyclic) bond motifs is 3. The number of ether oxygens (including phenoxy) is 2. The van der Waals surface area contributed by atoms with Gasteiger partial charge >= 0.3 is 18.1 Å². The highest BCUT2D eigenvalue weighted by Gasteiger charge is 2.72. The first-order chi connectivity index (χ1) is 19.8. The molecule has 0 spiro atoms. The van der Waals surface area contributed by atoms with Crippen LogP contribution >= 0.6 is 0 Å². The SMILES string of the molecule is CCN1C(=O)[C@@H]2[C@@H](c3ccc(-c4ccc(F)cc4)c(OC)c3)N3CCCC[C@@]3(C(=O)OC)[C@@H]2C1=O.O=C(O)C(F)(F)F. The number of halogens is 4. The van der Waals surface area contributed by atoms with Crippen LogP contribution in [0, 0.1) is 17.7 Å². The number of nitrogens with zero attached hydrogens (tertiary/aromatic N) is 2. The molecule has 0 radical (unpaired) electrons. The van der Waals surface area contributed by atoms with Crippen LogP contribution in [0.15, 0.2) is 42.5 Å². The number of piperidine rings is 1. The fraction of sp³-hybridized carbons (Fsp3) is 0.448. The number of hydrogen-bond acceptors (Lipinski definition) is 7. The number of alkyl halides is 3.